The predicted octanol–water partition coefficient (Wildman–Crippen LogP) is 1.62. The first kappa shape index (κ1) is 12.9. The van der Waals surface area contributed by atoms with Crippen LogP contribution in [0, 0.1) is 6.92 Å². The highest BCUT2D eigenvalue weighted by molar-refractivity contribution is 6.02. The number of rotatable bonds is 3. The average Bonchev–Trinajstić information content (AvgIpc) is 2.95. The number of imidazole rings is 1. The number of aromatic nitrogens is 5. The third-order valence-corrected chi connectivity index (χ3v) is 2.87. The lowest BCUT2D eigenvalue weighted by Gasteiger charge is -2.06. The molecule has 0 radical (unpaired) electrons. The number of hydrogen-bond acceptors (Lipinski definition) is 5. The molecular formula is C14H12N6O. The Kier molecular flexibility index (Phi) is 3.38. The van der Waals surface area contributed by atoms with Crippen molar-refractivity contribution in [1.82, 2.24) is 24.5 Å². The zero-order valence-electron chi connectivity index (χ0n) is 11.3. The quantitative estimate of drug-likeness (QED) is 0.788. The molecule has 0 aliphatic heterocycles. The van der Waals surface area contributed by atoms with Gasteiger partial charge in [0.1, 0.15) is 17.3 Å². The third-order valence-electron chi connectivity index (χ3n) is 2.87. The maximum atomic E-state index is 11.9. The molecule has 0 fully saturated rings. The molecule has 0 saturated carbocycles. The lowest BCUT2D eigenvalue weighted by atomic mass is 10.3. The molecule has 1 N–H and O–H groups in total. The summed E-state index contributed by atoms with van der Waals surface area (Å²) < 4.78 is 1.86. The highest BCUT2D eigenvalue weighted by Gasteiger charge is 2.08. The van der Waals surface area contributed by atoms with Crippen LogP contribution in [0.4, 0.5) is 5.69 Å². The summed E-state index contributed by atoms with van der Waals surface area (Å²) in [5, 5.41) is 2.72. The van der Waals surface area contributed by atoms with Crippen molar-refractivity contribution in [2.75, 3.05) is 5.32 Å². The largest absolute Gasteiger partial charge is 0.319 e. The zero-order valence-corrected chi connectivity index (χ0v) is 11.3. The molecular weight excluding hydrogens is 268 g/mol. The van der Waals surface area contributed by atoms with Crippen molar-refractivity contribution in [1.29, 1.82) is 0 Å². The van der Waals surface area contributed by atoms with Crippen LogP contribution in [-0.4, -0.2) is 30.4 Å². The number of hydrogen-bond donors (Lipinski definition) is 1. The summed E-state index contributed by atoms with van der Waals surface area (Å²) in [4.78, 5) is 28.2. The van der Waals surface area contributed by atoms with Crippen LogP contribution in [0.25, 0.3) is 5.82 Å². The highest BCUT2D eigenvalue weighted by Crippen LogP contribution is 2.12. The fraction of sp³-hybridized carbons (Fsp3) is 0.0714. The van der Waals surface area contributed by atoms with E-state index >= 15 is 0 Å². The minimum Gasteiger partial charge on any atom is -0.319 e. The van der Waals surface area contributed by atoms with Gasteiger partial charge >= 0.3 is 0 Å². The molecule has 1 amide bonds. The summed E-state index contributed by atoms with van der Waals surface area (Å²) in [6, 6.07) is 3.58. The fourth-order valence-corrected chi connectivity index (χ4v) is 1.83. The number of aryl methyl sites for hydroxylation is 1. The first-order chi connectivity index (χ1) is 10.2. The topological polar surface area (TPSA) is 85.6 Å². The predicted molar refractivity (Wildman–Crippen MR) is 76.1 cm³/mol. The molecule has 3 aromatic heterocycles. The van der Waals surface area contributed by atoms with E-state index in [4.69, 9.17) is 0 Å². The lowest BCUT2D eigenvalue weighted by Crippen LogP contribution is -2.14. The molecule has 0 aromatic carbocycles. The van der Waals surface area contributed by atoms with Crippen LogP contribution in [-0.2, 0) is 0 Å². The van der Waals surface area contributed by atoms with Gasteiger partial charge in [-0.1, -0.05) is 0 Å². The first-order valence-electron chi connectivity index (χ1n) is 6.28. The van der Waals surface area contributed by atoms with Gasteiger partial charge < -0.3 is 5.32 Å². The Morgan fingerprint density at radius 3 is 2.62 bits per heavy atom. The molecule has 0 aliphatic rings. The summed E-state index contributed by atoms with van der Waals surface area (Å²) in [5.74, 6) is 1.26. The van der Waals surface area contributed by atoms with Gasteiger partial charge in [-0.3, -0.25) is 14.3 Å². The van der Waals surface area contributed by atoms with E-state index in [1.165, 1.54) is 18.6 Å². The van der Waals surface area contributed by atoms with Crippen molar-refractivity contribution in [2.24, 2.45) is 0 Å². The van der Waals surface area contributed by atoms with Gasteiger partial charge in [0.05, 0.1) is 18.1 Å². The molecule has 0 atom stereocenters. The second kappa shape index (κ2) is 5.49. The smallest absolute Gasteiger partial charge is 0.275 e. The molecule has 0 saturated heterocycles. The van der Waals surface area contributed by atoms with E-state index in [0.29, 0.717) is 5.69 Å². The molecule has 3 aromatic rings. The van der Waals surface area contributed by atoms with E-state index in [1.54, 1.807) is 24.5 Å². The van der Waals surface area contributed by atoms with Gasteiger partial charge in [-0.15, -0.1) is 0 Å². The fourth-order valence-electron chi connectivity index (χ4n) is 1.83. The molecule has 0 bridgehead atoms. The van der Waals surface area contributed by atoms with Gasteiger partial charge in [-0.05, 0) is 19.1 Å². The zero-order chi connectivity index (χ0) is 14.7. The van der Waals surface area contributed by atoms with Crippen LogP contribution in [0.3, 0.4) is 0 Å². The van der Waals surface area contributed by atoms with Crippen LogP contribution in [0.2, 0.25) is 0 Å². The van der Waals surface area contributed by atoms with E-state index in [0.717, 1.165) is 11.6 Å². The SMILES string of the molecule is Cc1nccn1-c1ccc(NC(=O)c2cnccn2)cn1. The molecule has 7 heteroatoms. The molecule has 3 rings (SSSR count). The Morgan fingerprint density at radius 2 is 2.00 bits per heavy atom. The van der Waals surface area contributed by atoms with Crippen molar-refractivity contribution >= 4 is 11.6 Å². The number of nitrogens with one attached hydrogen (secondary N) is 1. The van der Waals surface area contributed by atoms with E-state index in [2.05, 4.69) is 25.3 Å². The summed E-state index contributed by atoms with van der Waals surface area (Å²) in [7, 11) is 0. The molecule has 104 valence electrons. The van der Waals surface area contributed by atoms with Gasteiger partial charge in [0, 0.05) is 24.8 Å². The van der Waals surface area contributed by atoms with Crippen molar-refractivity contribution < 1.29 is 4.79 Å². The van der Waals surface area contributed by atoms with Crippen molar-refractivity contribution in [3.8, 4) is 5.82 Å². The van der Waals surface area contributed by atoms with Crippen LogP contribution in [0.1, 0.15) is 16.3 Å². The molecule has 0 unspecified atom stereocenters. The summed E-state index contributed by atoms with van der Waals surface area (Å²) in [6.07, 6.45) is 9.52. The number of pyridine rings is 1. The second-order valence-corrected chi connectivity index (χ2v) is 4.29. The minimum absolute atomic E-state index is 0.257. The van der Waals surface area contributed by atoms with Gasteiger partial charge in [-0.2, -0.15) is 0 Å². The average molecular weight is 280 g/mol. The Labute approximate surface area is 120 Å². The number of carbonyl (C=O) groups excluding carboxylic acids is 1. The van der Waals surface area contributed by atoms with E-state index in [9.17, 15) is 4.79 Å². The minimum atomic E-state index is -0.323. The Bertz CT molecular complexity index is 751. The Morgan fingerprint density at radius 1 is 1.10 bits per heavy atom. The van der Waals surface area contributed by atoms with Gasteiger partial charge in [0.15, 0.2) is 0 Å². The number of amides is 1. The van der Waals surface area contributed by atoms with Crippen LogP contribution >= 0.6 is 0 Å². The summed E-state index contributed by atoms with van der Waals surface area (Å²) in [5.41, 5.74) is 0.846. The van der Waals surface area contributed by atoms with Crippen LogP contribution < -0.4 is 5.32 Å². The molecule has 0 aliphatic carbocycles. The third kappa shape index (κ3) is 2.76. The van der Waals surface area contributed by atoms with Crippen molar-refractivity contribution in [2.45, 2.75) is 6.92 Å². The molecule has 7 nitrogen and oxygen atoms in total. The standard InChI is InChI=1S/C14H12N6O/c1-10-16-6-7-20(10)13-3-2-11(8-18-13)19-14(21)12-9-15-4-5-17-12/h2-9H,1H3,(H,19,21). The second-order valence-electron chi connectivity index (χ2n) is 4.29. The van der Waals surface area contributed by atoms with Gasteiger partial charge in [0.2, 0.25) is 0 Å². The highest BCUT2D eigenvalue weighted by atomic mass is 16.1. The lowest BCUT2D eigenvalue weighted by molar-refractivity contribution is 0.102. The Balaban J connectivity index is 1.76. The normalized spacial score (nSPS) is 10.3. The van der Waals surface area contributed by atoms with E-state index in [1.807, 2.05) is 17.7 Å². The van der Waals surface area contributed by atoms with Crippen LogP contribution in [0.5, 0.6) is 0 Å². The Hall–Kier alpha value is -3.09. The molecule has 3 heterocycles. The van der Waals surface area contributed by atoms with Crippen molar-refractivity contribution in [3.63, 3.8) is 0 Å². The van der Waals surface area contributed by atoms with Gasteiger partial charge in [-0.25, -0.2) is 15.0 Å². The number of nitrogens with zero attached hydrogens (tertiary/aromatic N) is 5. The van der Waals surface area contributed by atoms with E-state index in [-0.39, 0.29) is 11.6 Å². The number of carbonyl (C=O) groups is 1. The monoisotopic (exact) mass is 280 g/mol. The molecule has 0 spiro atoms. The number of anilines is 1. The maximum Gasteiger partial charge on any atom is 0.275 e. The first-order valence-corrected chi connectivity index (χ1v) is 6.28. The van der Waals surface area contributed by atoms with Gasteiger partial charge in [0.25, 0.3) is 5.91 Å². The summed E-state index contributed by atoms with van der Waals surface area (Å²) in [6.45, 7) is 1.89. The maximum absolute atomic E-state index is 11.9. The molecule has 21 heavy (non-hydrogen) atoms. The van der Waals surface area contributed by atoms with E-state index < -0.39 is 0 Å². The summed E-state index contributed by atoms with van der Waals surface area (Å²) >= 11 is 0. The van der Waals surface area contributed by atoms with Crippen LogP contribution in [0.15, 0.2) is 49.3 Å². The van der Waals surface area contributed by atoms with Crippen molar-refractivity contribution in [3.05, 3.63) is 60.8 Å².